The van der Waals surface area contributed by atoms with Crippen LogP contribution >= 0.6 is 46.3 Å². The highest BCUT2D eigenvalue weighted by Crippen LogP contribution is 2.16. The molecule has 16 heavy (non-hydrogen) atoms. The van der Waals surface area contributed by atoms with Crippen molar-refractivity contribution in [1.29, 1.82) is 0 Å². The van der Waals surface area contributed by atoms with Crippen molar-refractivity contribution in [3.05, 3.63) is 19.9 Å². The molecule has 0 aliphatic carbocycles. The lowest BCUT2D eigenvalue weighted by atomic mass is 10.3. The summed E-state index contributed by atoms with van der Waals surface area (Å²) in [6.07, 6.45) is 1.12. The van der Waals surface area contributed by atoms with Gasteiger partial charge in [0.2, 0.25) is 0 Å². The second-order valence-corrected chi connectivity index (χ2v) is 5.95. The standard InChI is InChI=1S/C10H15IN2OS.ClH/c1-2-3-12-4-5-13-10(14)8-6-9(11)15-7-8;/h6-7,12H,2-5H2,1H3,(H,13,14);1H. The van der Waals surface area contributed by atoms with Gasteiger partial charge in [0.1, 0.15) is 0 Å². The summed E-state index contributed by atoms with van der Waals surface area (Å²) in [5.74, 6) is 0.0208. The van der Waals surface area contributed by atoms with Crippen LogP contribution in [0, 0.1) is 2.88 Å². The molecule has 0 bridgehead atoms. The monoisotopic (exact) mass is 374 g/mol. The fraction of sp³-hybridized carbons (Fsp3) is 0.500. The van der Waals surface area contributed by atoms with Crippen LogP contribution in [0.15, 0.2) is 11.4 Å². The van der Waals surface area contributed by atoms with Crippen molar-refractivity contribution in [3.63, 3.8) is 0 Å². The molecule has 0 atom stereocenters. The summed E-state index contributed by atoms with van der Waals surface area (Å²) in [6, 6.07) is 1.90. The molecule has 1 amide bonds. The molecule has 0 unspecified atom stereocenters. The highest BCUT2D eigenvalue weighted by Gasteiger charge is 2.06. The lowest BCUT2D eigenvalue weighted by molar-refractivity contribution is 0.0954. The smallest absolute Gasteiger partial charge is 0.252 e. The largest absolute Gasteiger partial charge is 0.351 e. The van der Waals surface area contributed by atoms with Crippen LogP contribution in [0.4, 0.5) is 0 Å². The Bertz CT molecular complexity index is 320. The van der Waals surface area contributed by atoms with Crippen LogP contribution in [0.5, 0.6) is 0 Å². The average molecular weight is 375 g/mol. The topological polar surface area (TPSA) is 41.1 Å². The van der Waals surface area contributed by atoms with Crippen LogP contribution in [0.25, 0.3) is 0 Å². The number of nitrogens with one attached hydrogen (secondary N) is 2. The Morgan fingerprint density at radius 3 is 2.75 bits per heavy atom. The van der Waals surface area contributed by atoms with Crippen LogP contribution in [-0.4, -0.2) is 25.5 Å². The van der Waals surface area contributed by atoms with E-state index in [2.05, 4.69) is 40.1 Å². The molecule has 3 nitrogen and oxygen atoms in total. The molecule has 92 valence electrons. The van der Waals surface area contributed by atoms with Crippen molar-refractivity contribution in [2.24, 2.45) is 0 Å². The summed E-state index contributed by atoms with van der Waals surface area (Å²) < 4.78 is 1.14. The van der Waals surface area contributed by atoms with Crippen molar-refractivity contribution < 1.29 is 4.79 Å². The zero-order valence-corrected chi connectivity index (χ0v) is 12.9. The Morgan fingerprint density at radius 2 is 2.19 bits per heavy atom. The first-order chi connectivity index (χ1) is 7.24. The average Bonchev–Trinajstić information content (AvgIpc) is 2.64. The van der Waals surface area contributed by atoms with E-state index in [9.17, 15) is 4.79 Å². The fourth-order valence-electron chi connectivity index (χ4n) is 1.10. The number of carbonyl (C=O) groups excluding carboxylic acids is 1. The van der Waals surface area contributed by atoms with Gasteiger partial charge >= 0.3 is 0 Å². The first-order valence-electron chi connectivity index (χ1n) is 4.97. The second kappa shape index (κ2) is 9.21. The minimum absolute atomic E-state index is 0. The van der Waals surface area contributed by atoms with Crippen molar-refractivity contribution in [3.8, 4) is 0 Å². The van der Waals surface area contributed by atoms with Crippen LogP contribution in [-0.2, 0) is 0 Å². The van der Waals surface area contributed by atoms with Gasteiger partial charge in [0, 0.05) is 18.5 Å². The molecule has 1 rings (SSSR count). The van der Waals surface area contributed by atoms with Gasteiger partial charge in [0.25, 0.3) is 5.91 Å². The molecule has 0 saturated carbocycles. The minimum atomic E-state index is 0. The van der Waals surface area contributed by atoms with Gasteiger partial charge in [-0.3, -0.25) is 4.79 Å². The normalized spacial score (nSPS) is 9.62. The van der Waals surface area contributed by atoms with Crippen LogP contribution < -0.4 is 10.6 Å². The highest BCUT2D eigenvalue weighted by atomic mass is 127. The Labute approximate surface area is 120 Å². The molecule has 1 aromatic heterocycles. The van der Waals surface area contributed by atoms with E-state index in [-0.39, 0.29) is 18.3 Å². The van der Waals surface area contributed by atoms with E-state index >= 15 is 0 Å². The third kappa shape index (κ3) is 6.03. The Hall–Kier alpha value is 0.150. The number of halogens is 2. The molecule has 0 aliphatic heterocycles. The number of hydrogen-bond donors (Lipinski definition) is 2. The summed E-state index contributed by atoms with van der Waals surface area (Å²) in [5, 5.41) is 7.99. The molecule has 0 radical (unpaired) electrons. The van der Waals surface area contributed by atoms with Gasteiger partial charge in [0.05, 0.1) is 8.45 Å². The van der Waals surface area contributed by atoms with Crippen molar-refractivity contribution in [1.82, 2.24) is 10.6 Å². The van der Waals surface area contributed by atoms with Gasteiger partial charge in [0.15, 0.2) is 0 Å². The van der Waals surface area contributed by atoms with Crippen molar-refractivity contribution in [2.45, 2.75) is 13.3 Å². The maximum atomic E-state index is 11.6. The minimum Gasteiger partial charge on any atom is -0.351 e. The van der Waals surface area contributed by atoms with Gasteiger partial charge in [-0.2, -0.15) is 0 Å². The molecule has 6 heteroatoms. The van der Waals surface area contributed by atoms with E-state index in [1.807, 2.05) is 11.4 Å². The second-order valence-electron chi connectivity index (χ2n) is 3.15. The Balaban J connectivity index is 0.00000225. The third-order valence-corrected chi connectivity index (χ3v) is 3.63. The van der Waals surface area contributed by atoms with Gasteiger partial charge in [-0.15, -0.1) is 23.7 Å². The number of amides is 1. The molecule has 0 saturated heterocycles. The first-order valence-corrected chi connectivity index (χ1v) is 6.93. The molecule has 1 aromatic rings. The Kier molecular flexibility index (Phi) is 9.29. The van der Waals surface area contributed by atoms with E-state index in [1.54, 1.807) is 11.3 Å². The van der Waals surface area contributed by atoms with E-state index < -0.39 is 0 Å². The summed E-state index contributed by atoms with van der Waals surface area (Å²) in [6.45, 7) is 4.65. The molecule has 0 spiro atoms. The predicted octanol–water partition coefficient (Wildman–Crippen LogP) is 2.50. The van der Waals surface area contributed by atoms with E-state index in [1.165, 1.54) is 0 Å². The maximum absolute atomic E-state index is 11.6. The van der Waals surface area contributed by atoms with Gasteiger partial charge in [-0.25, -0.2) is 0 Å². The molecule has 0 fully saturated rings. The molecule has 1 heterocycles. The summed E-state index contributed by atoms with van der Waals surface area (Å²) in [4.78, 5) is 11.6. The lowest BCUT2D eigenvalue weighted by Crippen LogP contribution is -2.31. The number of carbonyl (C=O) groups is 1. The molecule has 2 N–H and O–H groups in total. The summed E-state index contributed by atoms with van der Waals surface area (Å²) in [5.41, 5.74) is 0.764. The maximum Gasteiger partial charge on any atom is 0.252 e. The zero-order chi connectivity index (χ0) is 11.1. The predicted molar refractivity (Wildman–Crippen MR) is 79.8 cm³/mol. The van der Waals surface area contributed by atoms with Crippen LogP contribution in [0.1, 0.15) is 23.7 Å². The highest BCUT2D eigenvalue weighted by molar-refractivity contribution is 14.1. The Morgan fingerprint density at radius 1 is 1.44 bits per heavy atom. The van der Waals surface area contributed by atoms with E-state index in [4.69, 9.17) is 0 Å². The quantitative estimate of drug-likeness (QED) is 0.593. The zero-order valence-electron chi connectivity index (χ0n) is 9.09. The van der Waals surface area contributed by atoms with Crippen LogP contribution in [0.3, 0.4) is 0 Å². The lowest BCUT2D eigenvalue weighted by Gasteiger charge is -2.04. The fourth-order valence-corrected chi connectivity index (χ4v) is 2.42. The van der Waals surface area contributed by atoms with Crippen LogP contribution in [0.2, 0.25) is 0 Å². The molecule has 0 aliphatic rings. The summed E-state index contributed by atoms with van der Waals surface area (Å²) in [7, 11) is 0. The van der Waals surface area contributed by atoms with Crippen molar-refractivity contribution >= 4 is 52.2 Å². The molecule has 0 aromatic carbocycles. The number of thiophene rings is 1. The molecular weight excluding hydrogens is 359 g/mol. The van der Waals surface area contributed by atoms with Gasteiger partial charge in [-0.1, -0.05) is 6.92 Å². The third-order valence-electron chi connectivity index (χ3n) is 1.84. The number of rotatable bonds is 6. The van der Waals surface area contributed by atoms with Gasteiger partial charge < -0.3 is 10.6 Å². The van der Waals surface area contributed by atoms with Crippen molar-refractivity contribution in [2.75, 3.05) is 19.6 Å². The van der Waals surface area contributed by atoms with E-state index in [0.717, 1.165) is 28.0 Å². The summed E-state index contributed by atoms with van der Waals surface area (Å²) >= 11 is 3.81. The number of hydrogen-bond acceptors (Lipinski definition) is 3. The van der Waals surface area contributed by atoms with Gasteiger partial charge in [-0.05, 0) is 41.6 Å². The van der Waals surface area contributed by atoms with E-state index in [0.29, 0.717) is 6.54 Å². The molecular formula is C10H16ClIN2OS. The SMILES string of the molecule is CCCNCCNC(=O)c1csc(I)c1.Cl. The first kappa shape index (κ1) is 16.1.